The summed E-state index contributed by atoms with van der Waals surface area (Å²) in [5.74, 6) is 0. The summed E-state index contributed by atoms with van der Waals surface area (Å²) >= 11 is 0. The highest BCUT2D eigenvalue weighted by atomic mass is 16.5. The van der Waals surface area contributed by atoms with E-state index in [4.69, 9.17) is 4.74 Å². The van der Waals surface area contributed by atoms with E-state index in [2.05, 4.69) is 4.98 Å². The van der Waals surface area contributed by atoms with Gasteiger partial charge in [-0.15, -0.1) is 0 Å². The third-order valence-corrected chi connectivity index (χ3v) is 1.19. The molecule has 0 aliphatic carbocycles. The summed E-state index contributed by atoms with van der Waals surface area (Å²) < 4.78 is 6.77. The molecule has 0 saturated carbocycles. The van der Waals surface area contributed by atoms with E-state index in [9.17, 15) is 4.79 Å². The van der Waals surface area contributed by atoms with E-state index in [0.29, 0.717) is 6.61 Å². The molecule has 0 N–H and O–H groups in total. The van der Waals surface area contributed by atoms with Crippen molar-refractivity contribution in [1.29, 1.82) is 0 Å². The van der Waals surface area contributed by atoms with Crippen LogP contribution in [0.2, 0.25) is 0 Å². The second kappa shape index (κ2) is 3.88. The Bertz CT molecular complexity index is 232. The van der Waals surface area contributed by atoms with Crippen LogP contribution >= 0.6 is 0 Å². The van der Waals surface area contributed by atoms with Gasteiger partial charge in [0, 0.05) is 13.2 Å². The molecule has 1 aromatic rings. The molecule has 60 valence electrons. The molecule has 0 unspecified atom stereocenters. The monoisotopic (exact) mass is 154 g/mol. The quantitative estimate of drug-likeness (QED) is 0.457. The lowest BCUT2D eigenvalue weighted by molar-refractivity contribution is -0.112. The number of imidazole rings is 1. The van der Waals surface area contributed by atoms with Gasteiger partial charge in [0.25, 0.3) is 0 Å². The number of nitrogens with zero attached hydrogens (tertiary/aromatic N) is 2. The first-order chi connectivity index (χ1) is 5.33. The Morgan fingerprint density at radius 3 is 3.18 bits per heavy atom. The molecule has 0 radical (unpaired) electrons. The molecule has 4 nitrogen and oxygen atoms in total. The summed E-state index contributed by atoms with van der Waals surface area (Å²) in [6.45, 7) is 0.538. The molecule has 11 heavy (non-hydrogen) atoms. The summed E-state index contributed by atoms with van der Waals surface area (Å²) in [6.07, 6.45) is 4.27. The molecular formula is C7H10N2O2. The minimum Gasteiger partial charge on any atom is -0.368 e. The minimum atomic E-state index is 0.135. The molecule has 4 heteroatoms. The zero-order valence-corrected chi connectivity index (χ0v) is 6.36. The van der Waals surface area contributed by atoms with Gasteiger partial charge in [-0.1, -0.05) is 0 Å². The second-order valence-electron chi connectivity index (χ2n) is 2.21. The second-order valence-corrected chi connectivity index (χ2v) is 2.21. The summed E-state index contributed by atoms with van der Waals surface area (Å²) in [6, 6.07) is 0. The Balaban J connectivity index is 2.32. The third-order valence-electron chi connectivity index (χ3n) is 1.19. The fraction of sp³-hybridized carbons (Fsp3) is 0.429. The maximum Gasteiger partial charge on any atom is 0.145 e. The number of hydrogen-bond donors (Lipinski definition) is 0. The van der Waals surface area contributed by atoms with E-state index in [0.717, 1.165) is 12.0 Å². The van der Waals surface area contributed by atoms with Crippen molar-refractivity contribution < 1.29 is 9.53 Å². The van der Waals surface area contributed by atoms with Crippen LogP contribution in [-0.2, 0) is 23.2 Å². The first-order valence-electron chi connectivity index (χ1n) is 3.31. The molecule has 0 fully saturated rings. The van der Waals surface area contributed by atoms with Crippen LogP contribution in [0.25, 0.3) is 0 Å². The van der Waals surface area contributed by atoms with Gasteiger partial charge in [0.15, 0.2) is 0 Å². The van der Waals surface area contributed by atoms with E-state index in [1.807, 2.05) is 17.8 Å². The molecule has 1 aromatic heterocycles. The number of carbonyl (C=O) groups is 1. The number of ether oxygens (including phenoxy) is 1. The minimum absolute atomic E-state index is 0.135. The SMILES string of the molecule is Cn1cnc(COCC=O)c1. The number of aldehydes is 1. The largest absolute Gasteiger partial charge is 0.368 e. The Labute approximate surface area is 64.8 Å². The molecule has 0 aliphatic rings. The van der Waals surface area contributed by atoms with Gasteiger partial charge in [0.1, 0.15) is 12.9 Å². The molecular weight excluding hydrogens is 144 g/mol. The number of carbonyl (C=O) groups excluding carboxylic acids is 1. The van der Waals surface area contributed by atoms with Gasteiger partial charge in [-0.2, -0.15) is 0 Å². The van der Waals surface area contributed by atoms with Crippen molar-refractivity contribution in [3.8, 4) is 0 Å². The van der Waals surface area contributed by atoms with Crippen molar-refractivity contribution in [2.75, 3.05) is 6.61 Å². The third kappa shape index (κ3) is 2.51. The Hall–Kier alpha value is -1.16. The van der Waals surface area contributed by atoms with Crippen LogP contribution in [0, 0.1) is 0 Å². The van der Waals surface area contributed by atoms with Gasteiger partial charge in [-0.3, -0.25) is 0 Å². The van der Waals surface area contributed by atoms with E-state index < -0.39 is 0 Å². The molecule has 0 saturated heterocycles. The summed E-state index contributed by atoms with van der Waals surface area (Å²) in [7, 11) is 1.89. The number of rotatable bonds is 4. The zero-order valence-electron chi connectivity index (χ0n) is 6.36. The highest BCUT2D eigenvalue weighted by Gasteiger charge is 1.94. The molecule has 0 amide bonds. The van der Waals surface area contributed by atoms with Crippen molar-refractivity contribution >= 4 is 6.29 Å². The Morgan fingerprint density at radius 2 is 2.64 bits per heavy atom. The molecule has 0 bridgehead atoms. The molecule has 0 aromatic carbocycles. The maximum absolute atomic E-state index is 9.85. The van der Waals surface area contributed by atoms with Crippen LogP contribution in [0.3, 0.4) is 0 Å². The number of aromatic nitrogens is 2. The molecule has 0 atom stereocenters. The highest BCUT2D eigenvalue weighted by Crippen LogP contribution is 1.95. The standard InChI is InChI=1S/C7H10N2O2/c1-9-4-7(8-6-9)5-11-3-2-10/h2,4,6H,3,5H2,1H3. The van der Waals surface area contributed by atoms with E-state index in [1.165, 1.54) is 0 Å². The fourth-order valence-corrected chi connectivity index (χ4v) is 0.753. The van der Waals surface area contributed by atoms with Crippen molar-refractivity contribution in [3.05, 3.63) is 18.2 Å². The average molecular weight is 154 g/mol. The lowest BCUT2D eigenvalue weighted by atomic mass is 10.5. The van der Waals surface area contributed by atoms with Gasteiger partial charge >= 0.3 is 0 Å². The zero-order chi connectivity index (χ0) is 8.10. The molecule has 1 heterocycles. The van der Waals surface area contributed by atoms with Crippen molar-refractivity contribution in [1.82, 2.24) is 9.55 Å². The van der Waals surface area contributed by atoms with Crippen LogP contribution in [-0.4, -0.2) is 22.4 Å². The van der Waals surface area contributed by atoms with Gasteiger partial charge in [-0.05, 0) is 0 Å². The predicted molar refractivity (Wildman–Crippen MR) is 38.9 cm³/mol. The van der Waals surface area contributed by atoms with Crippen molar-refractivity contribution in [2.45, 2.75) is 6.61 Å². The first kappa shape index (κ1) is 7.94. The summed E-state index contributed by atoms with van der Waals surface area (Å²) in [4.78, 5) is 13.9. The van der Waals surface area contributed by atoms with Crippen LogP contribution in [0.1, 0.15) is 5.69 Å². The van der Waals surface area contributed by atoms with Crippen LogP contribution in [0.4, 0.5) is 0 Å². The van der Waals surface area contributed by atoms with E-state index >= 15 is 0 Å². The smallest absolute Gasteiger partial charge is 0.145 e. The average Bonchev–Trinajstić information content (AvgIpc) is 2.37. The van der Waals surface area contributed by atoms with Crippen molar-refractivity contribution in [3.63, 3.8) is 0 Å². The van der Waals surface area contributed by atoms with Gasteiger partial charge in [0.2, 0.25) is 0 Å². The lowest BCUT2D eigenvalue weighted by Crippen LogP contribution is -1.95. The number of hydrogen-bond acceptors (Lipinski definition) is 3. The lowest BCUT2D eigenvalue weighted by Gasteiger charge is -1.93. The highest BCUT2D eigenvalue weighted by molar-refractivity contribution is 5.50. The normalized spacial score (nSPS) is 9.91. The molecule has 0 spiro atoms. The maximum atomic E-state index is 9.85. The van der Waals surface area contributed by atoms with Crippen LogP contribution < -0.4 is 0 Å². The summed E-state index contributed by atoms with van der Waals surface area (Å²) in [5.41, 5.74) is 0.842. The first-order valence-corrected chi connectivity index (χ1v) is 3.31. The van der Waals surface area contributed by atoms with E-state index in [1.54, 1.807) is 6.33 Å². The van der Waals surface area contributed by atoms with Gasteiger partial charge in [0.05, 0.1) is 18.6 Å². The molecule has 1 rings (SSSR count). The van der Waals surface area contributed by atoms with Crippen LogP contribution in [0.15, 0.2) is 12.5 Å². The van der Waals surface area contributed by atoms with E-state index in [-0.39, 0.29) is 6.61 Å². The fourth-order valence-electron chi connectivity index (χ4n) is 0.753. The Morgan fingerprint density at radius 1 is 1.82 bits per heavy atom. The van der Waals surface area contributed by atoms with Crippen molar-refractivity contribution in [2.24, 2.45) is 7.05 Å². The number of aryl methyl sites for hydroxylation is 1. The summed E-state index contributed by atoms with van der Waals surface area (Å²) in [5, 5.41) is 0. The van der Waals surface area contributed by atoms with Gasteiger partial charge in [-0.25, -0.2) is 4.98 Å². The van der Waals surface area contributed by atoms with Gasteiger partial charge < -0.3 is 14.1 Å². The van der Waals surface area contributed by atoms with Crippen LogP contribution in [0.5, 0.6) is 0 Å². The molecule has 0 aliphatic heterocycles. The predicted octanol–water partition coefficient (Wildman–Crippen LogP) is 0.136. The Kier molecular flexibility index (Phi) is 2.80. The topological polar surface area (TPSA) is 44.1 Å².